The normalized spacial score (nSPS) is 11.0. The number of carbonyl (C=O) groups is 1. The molecule has 0 radical (unpaired) electrons. The molecule has 0 saturated heterocycles. The average Bonchev–Trinajstić information content (AvgIpc) is 3.26. The molecule has 0 fully saturated rings. The van der Waals surface area contributed by atoms with E-state index in [0.29, 0.717) is 4.67 Å². The van der Waals surface area contributed by atoms with Gasteiger partial charge in [-0.05, 0) is 64.3 Å². The molecule has 4 aromatic rings. The molecular weight excluding hydrogens is 394 g/mol. The van der Waals surface area contributed by atoms with E-state index in [1.807, 2.05) is 48.5 Å². The van der Waals surface area contributed by atoms with Gasteiger partial charge < -0.3 is 14.7 Å². The second kappa shape index (κ2) is 7.17. The summed E-state index contributed by atoms with van der Waals surface area (Å²) in [7, 11) is 0. The molecule has 2 heterocycles. The van der Waals surface area contributed by atoms with Gasteiger partial charge in [-0.15, -0.1) is 0 Å². The molecule has 0 saturated carbocycles. The van der Waals surface area contributed by atoms with Crippen molar-refractivity contribution >= 4 is 38.6 Å². The Hall–Kier alpha value is -2.86. The summed E-state index contributed by atoms with van der Waals surface area (Å²) in [4.78, 5) is 20.1. The van der Waals surface area contributed by atoms with E-state index in [1.54, 1.807) is 12.1 Å². The number of furan rings is 1. The topological polar surface area (TPSA) is 70.9 Å². The zero-order chi connectivity index (χ0) is 17.9. The Labute approximate surface area is 158 Å². The summed E-state index contributed by atoms with van der Waals surface area (Å²) in [6, 6.07) is 19.1. The fourth-order valence-electron chi connectivity index (χ4n) is 2.82. The molecule has 1 amide bonds. The highest BCUT2D eigenvalue weighted by Crippen LogP contribution is 2.18. The van der Waals surface area contributed by atoms with Crippen LogP contribution in [0.3, 0.4) is 0 Å². The van der Waals surface area contributed by atoms with Gasteiger partial charge in [-0.3, -0.25) is 4.79 Å². The van der Waals surface area contributed by atoms with Crippen molar-refractivity contribution in [3.63, 3.8) is 0 Å². The monoisotopic (exact) mass is 409 g/mol. The fraction of sp³-hybridized carbons (Fsp3) is 0.100. The van der Waals surface area contributed by atoms with Gasteiger partial charge in [0.25, 0.3) is 5.91 Å². The van der Waals surface area contributed by atoms with Crippen LogP contribution in [0.4, 0.5) is 5.69 Å². The lowest BCUT2D eigenvalue weighted by Gasteiger charge is -2.06. The Morgan fingerprint density at radius 3 is 2.77 bits per heavy atom. The lowest BCUT2D eigenvalue weighted by molar-refractivity contribution is 0.0995. The van der Waals surface area contributed by atoms with Gasteiger partial charge >= 0.3 is 0 Å². The number of hydrogen-bond acceptors (Lipinski definition) is 3. The molecule has 4 rings (SSSR count). The summed E-state index contributed by atoms with van der Waals surface area (Å²) in [5, 5.41) is 2.85. The van der Waals surface area contributed by atoms with E-state index >= 15 is 0 Å². The molecule has 0 bridgehead atoms. The summed E-state index contributed by atoms with van der Waals surface area (Å²) in [6.07, 6.45) is 1.63. The van der Waals surface area contributed by atoms with Gasteiger partial charge in [-0.25, -0.2) is 4.98 Å². The molecule has 0 aliphatic rings. The minimum absolute atomic E-state index is 0.268. The second-order valence-corrected chi connectivity index (χ2v) is 6.74. The predicted molar refractivity (Wildman–Crippen MR) is 104 cm³/mol. The summed E-state index contributed by atoms with van der Waals surface area (Å²) in [5.41, 5.74) is 3.90. The number of benzene rings is 2. The van der Waals surface area contributed by atoms with Gasteiger partial charge in [0.2, 0.25) is 0 Å². The van der Waals surface area contributed by atoms with Crippen LogP contribution in [-0.4, -0.2) is 15.9 Å². The second-order valence-electron chi connectivity index (χ2n) is 5.96. The Morgan fingerprint density at radius 2 is 1.96 bits per heavy atom. The van der Waals surface area contributed by atoms with Crippen molar-refractivity contribution < 1.29 is 9.21 Å². The van der Waals surface area contributed by atoms with Crippen LogP contribution in [0.15, 0.2) is 69.8 Å². The maximum Gasteiger partial charge on any atom is 0.291 e. The Balaban J connectivity index is 1.43. The highest BCUT2D eigenvalue weighted by Gasteiger charge is 2.11. The molecule has 2 aromatic heterocycles. The lowest BCUT2D eigenvalue weighted by atomic mass is 10.1. The summed E-state index contributed by atoms with van der Waals surface area (Å²) in [5.74, 6) is 0.954. The SMILES string of the molecule is O=C(Nc1cccc(CCc2nc3ccccc3[nH]2)c1)c1ccc(Br)o1. The minimum atomic E-state index is -0.273. The zero-order valence-electron chi connectivity index (χ0n) is 13.8. The van der Waals surface area contributed by atoms with Crippen molar-refractivity contribution in [1.82, 2.24) is 9.97 Å². The van der Waals surface area contributed by atoms with Crippen LogP contribution in [0.5, 0.6) is 0 Å². The number of fused-ring (bicyclic) bond motifs is 1. The molecular formula is C20H16BrN3O2. The van der Waals surface area contributed by atoms with Crippen molar-refractivity contribution in [3.05, 3.63) is 82.5 Å². The molecule has 0 atom stereocenters. The van der Waals surface area contributed by atoms with Crippen molar-refractivity contribution in [2.24, 2.45) is 0 Å². The van der Waals surface area contributed by atoms with Crippen molar-refractivity contribution in [1.29, 1.82) is 0 Å². The van der Waals surface area contributed by atoms with Gasteiger partial charge in [0.1, 0.15) is 5.82 Å². The smallest absolute Gasteiger partial charge is 0.291 e. The third-order valence-corrected chi connectivity index (χ3v) is 4.50. The van der Waals surface area contributed by atoms with Crippen molar-refractivity contribution in [3.8, 4) is 0 Å². The van der Waals surface area contributed by atoms with Crippen LogP contribution in [0, 0.1) is 0 Å². The molecule has 0 aliphatic heterocycles. The highest BCUT2D eigenvalue weighted by molar-refractivity contribution is 9.10. The van der Waals surface area contributed by atoms with Crippen LogP contribution >= 0.6 is 15.9 Å². The van der Waals surface area contributed by atoms with E-state index in [9.17, 15) is 4.79 Å². The molecule has 2 aromatic carbocycles. The van der Waals surface area contributed by atoms with Gasteiger partial charge in [0.15, 0.2) is 10.4 Å². The first kappa shape index (κ1) is 16.6. The van der Waals surface area contributed by atoms with Crippen LogP contribution in [0.2, 0.25) is 0 Å². The maximum atomic E-state index is 12.2. The Morgan fingerprint density at radius 1 is 1.08 bits per heavy atom. The Bertz CT molecular complexity index is 1030. The highest BCUT2D eigenvalue weighted by atomic mass is 79.9. The third-order valence-electron chi connectivity index (χ3n) is 4.07. The van der Waals surface area contributed by atoms with Crippen LogP contribution in [-0.2, 0) is 12.8 Å². The maximum absolute atomic E-state index is 12.2. The van der Waals surface area contributed by atoms with Crippen LogP contribution in [0.25, 0.3) is 11.0 Å². The quantitative estimate of drug-likeness (QED) is 0.489. The zero-order valence-corrected chi connectivity index (χ0v) is 15.4. The van der Waals surface area contributed by atoms with E-state index in [-0.39, 0.29) is 11.7 Å². The lowest BCUT2D eigenvalue weighted by Crippen LogP contribution is -2.11. The molecule has 0 unspecified atom stereocenters. The molecule has 5 nitrogen and oxygen atoms in total. The number of anilines is 1. The van der Waals surface area contributed by atoms with E-state index in [2.05, 4.69) is 31.2 Å². The number of para-hydroxylation sites is 2. The van der Waals surface area contributed by atoms with Gasteiger partial charge in [-0.2, -0.15) is 0 Å². The number of aromatic amines is 1. The number of H-pyrrole nitrogens is 1. The minimum Gasteiger partial charge on any atom is -0.444 e. The van der Waals surface area contributed by atoms with Gasteiger partial charge in [-0.1, -0.05) is 24.3 Å². The van der Waals surface area contributed by atoms with Crippen LogP contribution in [0.1, 0.15) is 21.9 Å². The standard InChI is InChI=1S/C20H16BrN3O2/c21-18-10-9-17(26-18)20(25)22-14-5-3-4-13(12-14)8-11-19-23-15-6-1-2-7-16(15)24-19/h1-7,9-10,12H,8,11H2,(H,22,25)(H,23,24). The summed E-state index contributed by atoms with van der Waals surface area (Å²) < 4.78 is 5.80. The van der Waals surface area contributed by atoms with Crippen molar-refractivity contribution in [2.45, 2.75) is 12.8 Å². The summed E-state index contributed by atoms with van der Waals surface area (Å²) >= 11 is 3.20. The number of nitrogens with zero attached hydrogens (tertiary/aromatic N) is 1. The third kappa shape index (κ3) is 3.70. The number of hydrogen-bond donors (Lipinski definition) is 2. The number of halogens is 1. The first-order valence-corrected chi connectivity index (χ1v) is 9.06. The number of nitrogens with one attached hydrogen (secondary N) is 2. The predicted octanol–water partition coefficient (Wildman–Crippen LogP) is 4.96. The number of imidazole rings is 1. The van der Waals surface area contributed by atoms with E-state index in [0.717, 1.165) is 41.0 Å². The fourth-order valence-corrected chi connectivity index (χ4v) is 3.13. The van der Waals surface area contributed by atoms with E-state index in [1.165, 1.54) is 0 Å². The Kier molecular flexibility index (Phi) is 4.58. The number of aryl methyl sites for hydroxylation is 2. The number of carbonyl (C=O) groups excluding carboxylic acids is 1. The van der Waals surface area contributed by atoms with E-state index < -0.39 is 0 Å². The number of amides is 1. The number of rotatable bonds is 5. The molecule has 0 spiro atoms. The first-order valence-electron chi connectivity index (χ1n) is 8.27. The van der Waals surface area contributed by atoms with Crippen LogP contribution < -0.4 is 5.32 Å². The van der Waals surface area contributed by atoms with Gasteiger partial charge in [0, 0.05) is 12.1 Å². The first-order chi connectivity index (χ1) is 12.7. The van der Waals surface area contributed by atoms with Crippen molar-refractivity contribution in [2.75, 3.05) is 5.32 Å². The molecule has 6 heteroatoms. The molecule has 0 aliphatic carbocycles. The van der Waals surface area contributed by atoms with E-state index in [4.69, 9.17) is 4.42 Å². The molecule has 2 N–H and O–H groups in total. The molecule has 26 heavy (non-hydrogen) atoms. The largest absolute Gasteiger partial charge is 0.444 e. The number of aromatic nitrogens is 2. The summed E-state index contributed by atoms with van der Waals surface area (Å²) in [6.45, 7) is 0. The average molecular weight is 410 g/mol. The van der Waals surface area contributed by atoms with Gasteiger partial charge in [0.05, 0.1) is 11.0 Å². The molecule has 130 valence electrons.